The molecule has 0 heterocycles. The number of hydrogen-bond acceptors (Lipinski definition) is 2. The molecular formula is C14H13NO2. The number of amides is 1. The van der Waals surface area contributed by atoms with Crippen molar-refractivity contribution >= 4 is 5.91 Å². The van der Waals surface area contributed by atoms with Gasteiger partial charge in [-0.25, -0.2) is 0 Å². The average Bonchev–Trinajstić information content (AvgIpc) is 2.40. The molecule has 0 bridgehead atoms. The van der Waals surface area contributed by atoms with Gasteiger partial charge in [-0.15, -0.1) is 0 Å². The van der Waals surface area contributed by atoms with Gasteiger partial charge in [0, 0.05) is 12.6 Å². The normalized spacial score (nSPS) is 9.71. The van der Waals surface area contributed by atoms with Crippen LogP contribution < -0.4 is 10.1 Å². The van der Waals surface area contributed by atoms with Gasteiger partial charge in [0.25, 0.3) is 5.91 Å². The van der Waals surface area contributed by atoms with Crippen LogP contribution in [-0.2, 0) is 0 Å². The summed E-state index contributed by atoms with van der Waals surface area (Å²) in [6.45, 7) is 0. The summed E-state index contributed by atoms with van der Waals surface area (Å²) in [6.07, 6.45) is 0. The summed E-state index contributed by atoms with van der Waals surface area (Å²) >= 11 is 0. The van der Waals surface area contributed by atoms with E-state index < -0.39 is 0 Å². The van der Waals surface area contributed by atoms with Crippen LogP contribution in [0.4, 0.5) is 0 Å². The molecule has 0 unspecified atom stereocenters. The predicted octanol–water partition coefficient (Wildman–Crippen LogP) is 2.84. The zero-order chi connectivity index (χ0) is 12.1. The SMILES string of the molecule is CNC(=O)c1ccc(Oc2ccccc2)cc1. The average molecular weight is 227 g/mol. The highest BCUT2D eigenvalue weighted by molar-refractivity contribution is 5.94. The van der Waals surface area contributed by atoms with Crippen LogP contribution >= 0.6 is 0 Å². The minimum Gasteiger partial charge on any atom is -0.457 e. The Hall–Kier alpha value is -2.29. The predicted molar refractivity (Wildman–Crippen MR) is 66.3 cm³/mol. The van der Waals surface area contributed by atoms with Gasteiger partial charge in [0.15, 0.2) is 0 Å². The van der Waals surface area contributed by atoms with Gasteiger partial charge in [-0.3, -0.25) is 4.79 Å². The van der Waals surface area contributed by atoms with E-state index >= 15 is 0 Å². The van der Waals surface area contributed by atoms with E-state index in [0.29, 0.717) is 11.3 Å². The highest BCUT2D eigenvalue weighted by Gasteiger charge is 2.02. The molecule has 0 atom stereocenters. The number of para-hydroxylation sites is 1. The summed E-state index contributed by atoms with van der Waals surface area (Å²) < 4.78 is 5.62. The van der Waals surface area contributed by atoms with Crippen molar-refractivity contribution in [3.05, 3.63) is 60.2 Å². The molecule has 0 fully saturated rings. The number of ether oxygens (including phenoxy) is 1. The molecule has 17 heavy (non-hydrogen) atoms. The first kappa shape index (κ1) is 11.2. The molecule has 1 N–H and O–H groups in total. The molecule has 0 aromatic heterocycles. The van der Waals surface area contributed by atoms with E-state index in [-0.39, 0.29) is 5.91 Å². The van der Waals surface area contributed by atoms with Gasteiger partial charge in [-0.2, -0.15) is 0 Å². The Balaban J connectivity index is 2.11. The summed E-state index contributed by atoms with van der Waals surface area (Å²) in [5, 5.41) is 2.57. The first-order valence-corrected chi connectivity index (χ1v) is 5.34. The summed E-state index contributed by atoms with van der Waals surface area (Å²) in [4.78, 5) is 11.3. The Morgan fingerprint density at radius 1 is 0.941 bits per heavy atom. The van der Waals surface area contributed by atoms with Crippen LogP contribution in [0.25, 0.3) is 0 Å². The van der Waals surface area contributed by atoms with Gasteiger partial charge in [0.1, 0.15) is 11.5 Å². The Labute approximate surface area is 100 Å². The van der Waals surface area contributed by atoms with Crippen molar-refractivity contribution in [1.82, 2.24) is 5.32 Å². The third-order valence-corrected chi connectivity index (χ3v) is 2.32. The molecule has 2 aromatic carbocycles. The lowest BCUT2D eigenvalue weighted by molar-refractivity contribution is 0.0963. The van der Waals surface area contributed by atoms with E-state index in [9.17, 15) is 4.79 Å². The molecule has 0 radical (unpaired) electrons. The van der Waals surface area contributed by atoms with Crippen LogP contribution in [0.3, 0.4) is 0 Å². The minimum absolute atomic E-state index is 0.101. The molecule has 0 saturated carbocycles. The number of hydrogen-bond donors (Lipinski definition) is 1. The fourth-order valence-corrected chi connectivity index (χ4v) is 1.44. The van der Waals surface area contributed by atoms with E-state index in [1.54, 1.807) is 31.3 Å². The second-order valence-corrected chi connectivity index (χ2v) is 3.52. The standard InChI is InChI=1S/C14H13NO2/c1-15-14(16)11-7-9-13(10-8-11)17-12-5-3-2-4-6-12/h2-10H,1H3,(H,15,16). The zero-order valence-corrected chi connectivity index (χ0v) is 9.51. The lowest BCUT2D eigenvalue weighted by Gasteiger charge is -2.06. The van der Waals surface area contributed by atoms with Gasteiger partial charge >= 0.3 is 0 Å². The first-order chi connectivity index (χ1) is 8.29. The molecule has 0 spiro atoms. The van der Waals surface area contributed by atoms with Gasteiger partial charge in [0.2, 0.25) is 0 Å². The fraction of sp³-hybridized carbons (Fsp3) is 0.0714. The lowest BCUT2D eigenvalue weighted by Crippen LogP contribution is -2.17. The Morgan fingerprint density at radius 2 is 1.53 bits per heavy atom. The van der Waals surface area contributed by atoms with E-state index in [1.807, 2.05) is 30.3 Å². The van der Waals surface area contributed by atoms with Gasteiger partial charge in [-0.1, -0.05) is 18.2 Å². The molecule has 0 aliphatic carbocycles. The van der Waals surface area contributed by atoms with Crippen LogP contribution in [-0.4, -0.2) is 13.0 Å². The molecule has 0 saturated heterocycles. The molecule has 0 aliphatic heterocycles. The Kier molecular flexibility index (Phi) is 3.40. The van der Waals surface area contributed by atoms with Crippen molar-refractivity contribution < 1.29 is 9.53 Å². The van der Waals surface area contributed by atoms with Crippen molar-refractivity contribution in [2.24, 2.45) is 0 Å². The number of carbonyl (C=O) groups is 1. The van der Waals surface area contributed by atoms with E-state index in [0.717, 1.165) is 5.75 Å². The highest BCUT2D eigenvalue weighted by Crippen LogP contribution is 2.20. The Bertz CT molecular complexity index is 491. The van der Waals surface area contributed by atoms with Crippen molar-refractivity contribution in [3.8, 4) is 11.5 Å². The smallest absolute Gasteiger partial charge is 0.251 e. The molecule has 86 valence electrons. The van der Waals surface area contributed by atoms with Crippen molar-refractivity contribution in [2.45, 2.75) is 0 Å². The molecule has 3 heteroatoms. The van der Waals surface area contributed by atoms with E-state index in [1.165, 1.54) is 0 Å². The van der Waals surface area contributed by atoms with Crippen molar-refractivity contribution in [3.63, 3.8) is 0 Å². The van der Waals surface area contributed by atoms with Crippen LogP contribution in [0.5, 0.6) is 11.5 Å². The molecule has 0 aliphatic rings. The van der Waals surface area contributed by atoms with E-state index in [4.69, 9.17) is 4.74 Å². The Morgan fingerprint density at radius 3 is 2.12 bits per heavy atom. The zero-order valence-electron chi connectivity index (χ0n) is 9.51. The number of nitrogens with one attached hydrogen (secondary N) is 1. The van der Waals surface area contributed by atoms with Gasteiger partial charge in [-0.05, 0) is 36.4 Å². The quantitative estimate of drug-likeness (QED) is 0.875. The van der Waals surface area contributed by atoms with Gasteiger partial charge in [0.05, 0.1) is 0 Å². The fourth-order valence-electron chi connectivity index (χ4n) is 1.44. The molecule has 2 rings (SSSR count). The summed E-state index contributed by atoms with van der Waals surface area (Å²) in [7, 11) is 1.61. The first-order valence-electron chi connectivity index (χ1n) is 5.34. The molecule has 3 nitrogen and oxygen atoms in total. The van der Waals surface area contributed by atoms with E-state index in [2.05, 4.69) is 5.32 Å². The maximum atomic E-state index is 11.3. The van der Waals surface area contributed by atoms with Crippen molar-refractivity contribution in [2.75, 3.05) is 7.05 Å². The molecular weight excluding hydrogens is 214 g/mol. The summed E-state index contributed by atoms with van der Waals surface area (Å²) in [6, 6.07) is 16.5. The third-order valence-electron chi connectivity index (χ3n) is 2.32. The largest absolute Gasteiger partial charge is 0.457 e. The summed E-state index contributed by atoms with van der Waals surface area (Å²) in [5.41, 5.74) is 0.618. The maximum absolute atomic E-state index is 11.3. The minimum atomic E-state index is -0.101. The number of rotatable bonds is 3. The van der Waals surface area contributed by atoms with Crippen LogP contribution in [0.15, 0.2) is 54.6 Å². The van der Waals surface area contributed by atoms with Crippen LogP contribution in [0, 0.1) is 0 Å². The third kappa shape index (κ3) is 2.84. The van der Waals surface area contributed by atoms with Crippen molar-refractivity contribution in [1.29, 1.82) is 0 Å². The topological polar surface area (TPSA) is 38.3 Å². The molecule has 2 aromatic rings. The van der Waals surface area contributed by atoms with Crippen LogP contribution in [0.2, 0.25) is 0 Å². The lowest BCUT2D eigenvalue weighted by atomic mass is 10.2. The van der Waals surface area contributed by atoms with Crippen LogP contribution in [0.1, 0.15) is 10.4 Å². The summed E-state index contributed by atoms with van der Waals surface area (Å²) in [5.74, 6) is 1.39. The highest BCUT2D eigenvalue weighted by atomic mass is 16.5. The maximum Gasteiger partial charge on any atom is 0.251 e. The van der Waals surface area contributed by atoms with Gasteiger partial charge < -0.3 is 10.1 Å². The number of benzene rings is 2. The second kappa shape index (κ2) is 5.16. The number of carbonyl (C=O) groups excluding carboxylic acids is 1. The second-order valence-electron chi connectivity index (χ2n) is 3.52. The molecule has 1 amide bonds. The monoisotopic (exact) mass is 227 g/mol.